The van der Waals surface area contributed by atoms with Gasteiger partial charge in [0.15, 0.2) is 0 Å². The van der Waals surface area contributed by atoms with Gasteiger partial charge in [0, 0.05) is 12.6 Å². The van der Waals surface area contributed by atoms with Crippen molar-refractivity contribution < 1.29 is 24.7 Å². The largest absolute Gasteiger partial charge is 0.445 e. The lowest BCUT2D eigenvalue weighted by Crippen LogP contribution is -2.30. The fourth-order valence-electron chi connectivity index (χ4n) is 2.48. The van der Waals surface area contributed by atoms with E-state index in [9.17, 15) is 25.1 Å². The second-order valence-corrected chi connectivity index (χ2v) is 5.93. The maximum atomic E-state index is 11.7. The summed E-state index contributed by atoms with van der Waals surface area (Å²) in [6.45, 7) is 0.0885. The van der Waals surface area contributed by atoms with E-state index in [1.54, 1.807) is 18.2 Å². The summed E-state index contributed by atoms with van der Waals surface area (Å²) in [5.74, 6) is 0. The highest BCUT2D eigenvalue weighted by molar-refractivity contribution is 5.67. The highest BCUT2D eigenvalue weighted by Crippen LogP contribution is 2.29. The third kappa shape index (κ3) is 5.77. The normalized spacial score (nSPS) is 12.5. The van der Waals surface area contributed by atoms with E-state index < -0.39 is 28.9 Å². The van der Waals surface area contributed by atoms with Gasteiger partial charge in [-0.15, -0.1) is 0 Å². The maximum Gasteiger partial charge on any atom is 0.407 e. The minimum absolute atomic E-state index is 0.00404. The lowest BCUT2D eigenvalue weighted by molar-refractivity contribution is -0.386. The first-order chi connectivity index (χ1) is 13.4. The predicted molar refractivity (Wildman–Crippen MR) is 98.0 cm³/mol. The van der Waals surface area contributed by atoms with Crippen LogP contribution in [0.25, 0.3) is 0 Å². The van der Waals surface area contributed by atoms with Crippen molar-refractivity contribution in [1.29, 1.82) is 5.26 Å². The molecule has 0 aliphatic carbocycles. The van der Waals surface area contributed by atoms with Crippen LogP contribution in [0.5, 0.6) is 0 Å². The number of nitriles is 1. The zero-order valence-electron chi connectivity index (χ0n) is 14.8. The summed E-state index contributed by atoms with van der Waals surface area (Å²) in [6, 6.07) is 14.4. The molecule has 0 heterocycles. The average Bonchev–Trinajstić information content (AvgIpc) is 2.71. The van der Waals surface area contributed by atoms with Crippen LogP contribution in [0.15, 0.2) is 48.5 Å². The van der Waals surface area contributed by atoms with Crippen LogP contribution in [-0.4, -0.2) is 33.9 Å². The van der Waals surface area contributed by atoms with Crippen LogP contribution in [0.4, 0.5) is 10.5 Å². The number of hydrogen-bond acceptors (Lipinski definition) is 7. The summed E-state index contributed by atoms with van der Waals surface area (Å²) in [5, 5.41) is 42.7. The molecule has 2 aromatic carbocycles. The Morgan fingerprint density at radius 3 is 2.61 bits per heavy atom. The molecule has 0 aliphatic heterocycles. The third-order valence-electron chi connectivity index (χ3n) is 3.96. The van der Waals surface area contributed by atoms with Gasteiger partial charge in [-0.3, -0.25) is 10.1 Å². The van der Waals surface area contributed by atoms with Crippen LogP contribution >= 0.6 is 0 Å². The average molecular weight is 385 g/mol. The number of carbonyl (C=O) groups is 1. The number of carbonyl (C=O) groups excluding carboxylic acids is 1. The lowest BCUT2D eigenvalue weighted by atomic mass is 9.99. The van der Waals surface area contributed by atoms with E-state index in [0.717, 1.165) is 11.6 Å². The van der Waals surface area contributed by atoms with E-state index in [4.69, 9.17) is 10.00 Å². The minimum atomic E-state index is -1.55. The van der Waals surface area contributed by atoms with E-state index in [1.807, 2.05) is 18.2 Å². The molecule has 0 bridgehead atoms. The fraction of sp³-hybridized carbons (Fsp3) is 0.263. The smallest absolute Gasteiger partial charge is 0.407 e. The van der Waals surface area contributed by atoms with Crippen molar-refractivity contribution in [2.75, 3.05) is 6.54 Å². The van der Waals surface area contributed by atoms with Crippen molar-refractivity contribution in [3.8, 4) is 6.07 Å². The summed E-state index contributed by atoms with van der Waals surface area (Å²) in [6.07, 6.45) is -3.65. The number of aliphatic hydroxyl groups excluding tert-OH is 2. The number of nitro benzene ring substituents is 1. The van der Waals surface area contributed by atoms with Crippen LogP contribution in [0, 0.1) is 21.4 Å². The number of nitro groups is 1. The summed E-state index contributed by atoms with van der Waals surface area (Å²) >= 11 is 0. The molecule has 1 amide bonds. The van der Waals surface area contributed by atoms with Crippen molar-refractivity contribution in [2.24, 2.45) is 0 Å². The second-order valence-electron chi connectivity index (χ2n) is 5.93. The molecule has 2 atom stereocenters. The van der Waals surface area contributed by atoms with Crippen molar-refractivity contribution in [3.63, 3.8) is 0 Å². The Morgan fingerprint density at radius 1 is 1.25 bits per heavy atom. The zero-order valence-corrected chi connectivity index (χ0v) is 14.8. The van der Waals surface area contributed by atoms with Crippen molar-refractivity contribution >= 4 is 11.8 Å². The van der Waals surface area contributed by atoms with E-state index in [2.05, 4.69) is 5.32 Å². The molecule has 0 aromatic heterocycles. The highest BCUT2D eigenvalue weighted by atomic mass is 16.6. The molecule has 0 saturated carbocycles. The summed E-state index contributed by atoms with van der Waals surface area (Å²) in [4.78, 5) is 22.1. The Bertz CT molecular complexity index is 866. The Labute approximate surface area is 161 Å². The molecule has 2 rings (SSSR count). The summed E-state index contributed by atoms with van der Waals surface area (Å²) < 4.78 is 5.02. The minimum Gasteiger partial charge on any atom is -0.445 e. The molecule has 2 unspecified atom stereocenters. The summed E-state index contributed by atoms with van der Waals surface area (Å²) in [7, 11) is 0. The SMILES string of the molecule is N#Cc1ccc(C(O)C(O)CCNC(=O)OCc2ccccc2)c([N+](=O)[O-])c1. The Hall–Kier alpha value is -3.48. The predicted octanol–water partition coefficient (Wildman–Crippen LogP) is 2.18. The third-order valence-corrected chi connectivity index (χ3v) is 3.96. The molecular formula is C19H19N3O6. The van der Waals surface area contributed by atoms with E-state index in [0.29, 0.717) is 0 Å². The number of alkyl carbamates (subject to hydrolysis) is 1. The molecule has 0 aliphatic rings. The van der Waals surface area contributed by atoms with Gasteiger partial charge < -0.3 is 20.3 Å². The molecule has 28 heavy (non-hydrogen) atoms. The molecule has 146 valence electrons. The van der Waals surface area contributed by atoms with Gasteiger partial charge in [0.05, 0.1) is 28.2 Å². The topological polar surface area (TPSA) is 146 Å². The number of nitrogens with one attached hydrogen (secondary N) is 1. The number of amides is 1. The monoisotopic (exact) mass is 385 g/mol. The molecule has 9 nitrogen and oxygen atoms in total. The first kappa shape index (κ1) is 20.8. The Balaban J connectivity index is 1.86. The molecule has 2 aromatic rings. The van der Waals surface area contributed by atoms with Gasteiger partial charge in [-0.25, -0.2) is 4.79 Å². The number of benzene rings is 2. The van der Waals surface area contributed by atoms with Crippen LogP contribution in [0.3, 0.4) is 0 Å². The lowest BCUT2D eigenvalue weighted by Gasteiger charge is -2.18. The van der Waals surface area contributed by atoms with E-state index in [1.165, 1.54) is 12.1 Å². The van der Waals surface area contributed by atoms with E-state index >= 15 is 0 Å². The Morgan fingerprint density at radius 2 is 1.96 bits per heavy atom. The fourth-order valence-corrected chi connectivity index (χ4v) is 2.48. The van der Waals surface area contributed by atoms with Gasteiger partial charge in [0.25, 0.3) is 5.69 Å². The van der Waals surface area contributed by atoms with Gasteiger partial charge >= 0.3 is 6.09 Å². The molecule has 0 fully saturated rings. The van der Waals surface area contributed by atoms with Crippen molar-refractivity contribution in [3.05, 3.63) is 75.3 Å². The van der Waals surface area contributed by atoms with Crippen LogP contribution in [0.1, 0.15) is 29.2 Å². The zero-order chi connectivity index (χ0) is 20.5. The number of aliphatic hydroxyl groups is 2. The number of rotatable bonds is 8. The standard InChI is InChI=1S/C19H19N3O6/c20-11-14-6-7-15(16(10-14)22(26)27)18(24)17(23)8-9-21-19(25)28-12-13-4-2-1-3-5-13/h1-7,10,17-18,23-24H,8-9,12H2,(H,21,25). The number of hydrogen-bond donors (Lipinski definition) is 3. The molecule has 3 N–H and O–H groups in total. The van der Waals surface area contributed by atoms with Crippen molar-refractivity contribution in [1.82, 2.24) is 5.32 Å². The van der Waals surface area contributed by atoms with Gasteiger partial charge in [-0.1, -0.05) is 30.3 Å². The van der Waals surface area contributed by atoms with Gasteiger partial charge in [-0.2, -0.15) is 5.26 Å². The maximum absolute atomic E-state index is 11.7. The first-order valence-corrected chi connectivity index (χ1v) is 8.41. The molecule has 0 spiro atoms. The van der Waals surface area contributed by atoms with Crippen LogP contribution < -0.4 is 5.32 Å². The summed E-state index contributed by atoms with van der Waals surface area (Å²) in [5.41, 5.74) is 0.324. The van der Waals surface area contributed by atoms with Crippen LogP contribution in [-0.2, 0) is 11.3 Å². The van der Waals surface area contributed by atoms with E-state index in [-0.39, 0.29) is 30.7 Å². The second kappa shape index (κ2) is 10.0. The van der Waals surface area contributed by atoms with Gasteiger partial charge in [0.2, 0.25) is 0 Å². The van der Waals surface area contributed by atoms with Gasteiger partial charge in [0.1, 0.15) is 12.7 Å². The number of nitrogens with zero attached hydrogens (tertiary/aromatic N) is 2. The molecule has 9 heteroatoms. The Kier molecular flexibility index (Phi) is 7.45. The molecular weight excluding hydrogens is 366 g/mol. The molecule has 0 radical (unpaired) electrons. The highest BCUT2D eigenvalue weighted by Gasteiger charge is 2.26. The van der Waals surface area contributed by atoms with Gasteiger partial charge in [-0.05, 0) is 24.1 Å². The molecule has 0 saturated heterocycles. The number of ether oxygens (including phenoxy) is 1. The van der Waals surface area contributed by atoms with Crippen LogP contribution in [0.2, 0.25) is 0 Å². The quantitative estimate of drug-likeness (QED) is 0.466. The first-order valence-electron chi connectivity index (χ1n) is 8.41. The van der Waals surface area contributed by atoms with Crippen molar-refractivity contribution in [2.45, 2.75) is 25.2 Å².